The van der Waals surface area contributed by atoms with E-state index in [-0.39, 0.29) is 23.9 Å². The maximum atomic E-state index is 12.5. The Morgan fingerprint density at radius 3 is 2.89 bits per heavy atom. The third kappa shape index (κ3) is 2.42. The number of carbonyl (C=O) groups is 2. The van der Waals surface area contributed by atoms with Crippen LogP contribution >= 0.6 is 0 Å². The van der Waals surface area contributed by atoms with Gasteiger partial charge in [0.15, 0.2) is 0 Å². The predicted molar refractivity (Wildman–Crippen MR) is 70.0 cm³/mol. The molecule has 4 heteroatoms. The van der Waals surface area contributed by atoms with Crippen LogP contribution in [0.4, 0.5) is 0 Å². The molecule has 2 unspecified atom stereocenters. The topological polar surface area (TPSA) is 40.6 Å². The molecule has 0 aromatic rings. The first-order chi connectivity index (χ1) is 8.65. The highest BCUT2D eigenvalue weighted by Crippen LogP contribution is 2.24. The summed E-state index contributed by atoms with van der Waals surface area (Å²) < 4.78 is 0. The van der Waals surface area contributed by atoms with Crippen LogP contribution in [0.2, 0.25) is 0 Å². The maximum Gasteiger partial charge on any atom is 0.245 e. The zero-order valence-corrected chi connectivity index (χ0v) is 11.1. The minimum Gasteiger partial charge on any atom is -0.337 e. The number of hydrogen-bond donors (Lipinski definition) is 0. The normalized spacial score (nSPS) is 26.6. The Bertz CT molecular complexity index is 354. The quantitative estimate of drug-likeness (QED) is 0.713. The number of hydrogen-bond acceptors (Lipinski definition) is 2. The average molecular weight is 250 g/mol. The number of piperidine rings is 1. The fourth-order valence-corrected chi connectivity index (χ4v) is 2.95. The van der Waals surface area contributed by atoms with Gasteiger partial charge >= 0.3 is 0 Å². The number of carbonyl (C=O) groups excluding carboxylic acids is 2. The molecule has 2 rings (SSSR count). The van der Waals surface area contributed by atoms with E-state index in [1.54, 1.807) is 4.90 Å². The lowest BCUT2D eigenvalue weighted by Gasteiger charge is -2.35. The summed E-state index contributed by atoms with van der Waals surface area (Å²) >= 11 is 0. The Labute approximate surface area is 109 Å². The van der Waals surface area contributed by atoms with Crippen LogP contribution in [0, 0.1) is 0 Å². The van der Waals surface area contributed by atoms with E-state index in [0.717, 1.165) is 32.2 Å². The average Bonchev–Trinajstić information content (AvgIpc) is 2.50. The Morgan fingerprint density at radius 1 is 1.39 bits per heavy atom. The van der Waals surface area contributed by atoms with E-state index in [1.165, 1.54) is 0 Å². The molecule has 0 aromatic heterocycles. The number of amides is 2. The van der Waals surface area contributed by atoms with Crippen molar-refractivity contribution in [2.75, 3.05) is 13.1 Å². The Kier molecular flexibility index (Phi) is 4.04. The first-order valence-electron chi connectivity index (χ1n) is 6.86. The van der Waals surface area contributed by atoms with Crippen LogP contribution in [0.5, 0.6) is 0 Å². The van der Waals surface area contributed by atoms with Gasteiger partial charge in [-0.05, 0) is 32.6 Å². The minimum absolute atomic E-state index is 0.134. The van der Waals surface area contributed by atoms with E-state index in [0.29, 0.717) is 13.0 Å². The predicted octanol–water partition coefficient (Wildman–Crippen LogP) is 1.56. The molecule has 0 spiro atoms. The van der Waals surface area contributed by atoms with Crippen LogP contribution in [0.25, 0.3) is 0 Å². The molecule has 0 saturated carbocycles. The van der Waals surface area contributed by atoms with Gasteiger partial charge in [-0.1, -0.05) is 6.08 Å². The lowest BCUT2D eigenvalue weighted by atomic mass is 10.0. The third-order valence-electron chi connectivity index (χ3n) is 4.00. The third-order valence-corrected chi connectivity index (χ3v) is 4.00. The Morgan fingerprint density at radius 2 is 2.17 bits per heavy atom. The molecule has 2 atom stereocenters. The van der Waals surface area contributed by atoms with Crippen molar-refractivity contribution in [1.29, 1.82) is 0 Å². The van der Waals surface area contributed by atoms with Crippen LogP contribution < -0.4 is 0 Å². The molecule has 2 aliphatic rings. The van der Waals surface area contributed by atoms with Gasteiger partial charge in [0, 0.05) is 25.6 Å². The molecule has 18 heavy (non-hydrogen) atoms. The molecule has 2 aliphatic heterocycles. The summed E-state index contributed by atoms with van der Waals surface area (Å²) in [6.07, 6.45) is 5.98. The van der Waals surface area contributed by atoms with Crippen LogP contribution in [-0.2, 0) is 9.59 Å². The molecular weight excluding hydrogens is 228 g/mol. The highest BCUT2D eigenvalue weighted by atomic mass is 16.2. The second kappa shape index (κ2) is 5.55. The highest BCUT2D eigenvalue weighted by Gasteiger charge is 2.38. The van der Waals surface area contributed by atoms with E-state index < -0.39 is 0 Å². The molecule has 0 N–H and O–H groups in total. The Hall–Kier alpha value is -1.32. The van der Waals surface area contributed by atoms with Crippen LogP contribution in [0.15, 0.2) is 12.7 Å². The zero-order valence-electron chi connectivity index (χ0n) is 11.1. The van der Waals surface area contributed by atoms with Gasteiger partial charge in [0.25, 0.3) is 0 Å². The van der Waals surface area contributed by atoms with Gasteiger partial charge in [-0.2, -0.15) is 0 Å². The van der Waals surface area contributed by atoms with Crippen molar-refractivity contribution >= 4 is 11.8 Å². The number of rotatable bonds is 3. The summed E-state index contributed by atoms with van der Waals surface area (Å²) in [7, 11) is 0. The van der Waals surface area contributed by atoms with Gasteiger partial charge in [0.1, 0.15) is 6.04 Å². The van der Waals surface area contributed by atoms with Crippen LogP contribution in [-0.4, -0.2) is 46.8 Å². The van der Waals surface area contributed by atoms with Crippen molar-refractivity contribution < 1.29 is 9.59 Å². The lowest BCUT2D eigenvalue weighted by Crippen LogP contribution is -2.51. The van der Waals surface area contributed by atoms with E-state index in [9.17, 15) is 9.59 Å². The van der Waals surface area contributed by atoms with Crippen molar-refractivity contribution in [3.63, 3.8) is 0 Å². The second-order valence-electron chi connectivity index (χ2n) is 5.25. The molecule has 2 amide bonds. The molecule has 4 nitrogen and oxygen atoms in total. The minimum atomic E-state index is -0.207. The van der Waals surface area contributed by atoms with E-state index in [2.05, 4.69) is 6.58 Å². The van der Waals surface area contributed by atoms with Crippen molar-refractivity contribution in [1.82, 2.24) is 9.80 Å². The van der Waals surface area contributed by atoms with E-state index in [4.69, 9.17) is 0 Å². The summed E-state index contributed by atoms with van der Waals surface area (Å²) in [6, 6.07) is -0.0642. The van der Waals surface area contributed by atoms with Gasteiger partial charge in [0.2, 0.25) is 11.8 Å². The number of nitrogens with zero attached hydrogens (tertiary/aromatic N) is 2. The van der Waals surface area contributed by atoms with Crippen molar-refractivity contribution in [3.8, 4) is 0 Å². The van der Waals surface area contributed by atoms with E-state index >= 15 is 0 Å². The standard InChI is InChI=1S/C14H22N2O2/c1-3-6-11(2)15-10-8-13(17)16-9-5-4-7-12(16)14(15)18/h3,11-12H,1,4-10H2,2H3. The van der Waals surface area contributed by atoms with Gasteiger partial charge < -0.3 is 9.80 Å². The van der Waals surface area contributed by atoms with Gasteiger partial charge in [-0.3, -0.25) is 9.59 Å². The summed E-state index contributed by atoms with van der Waals surface area (Å²) in [6.45, 7) is 7.06. The smallest absolute Gasteiger partial charge is 0.245 e. The first kappa shape index (κ1) is 13.1. The first-order valence-corrected chi connectivity index (χ1v) is 6.86. The van der Waals surface area contributed by atoms with Crippen LogP contribution in [0.1, 0.15) is 39.0 Å². The highest BCUT2D eigenvalue weighted by molar-refractivity contribution is 5.90. The summed E-state index contributed by atoms with van der Waals surface area (Å²) in [5, 5.41) is 0. The van der Waals surface area contributed by atoms with Gasteiger partial charge in [-0.15, -0.1) is 6.58 Å². The summed E-state index contributed by atoms with van der Waals surface area (Å²) in [4.78, 5) is 28.3. The second-order valence-corrected chi connectivity index (χ2v) is 5.25. The monoisotopic (exact) mass is 250 g/mol. The largest absolute Gasteiger partial charge is 0.337 e. The van der Waals surface area contributed by atoms with Crippen LogP contribution in [0.3, 0.4) is 0 Å². The molecular formula is C14H22N2O2. The van der Waals surface area contributed by atoms with Gasteiger partial charge in [0.05, 0.1) is 0 Å². The molecule has 0 aliphatic carbocycles. The fourth-order valence-electron chi connectivity index (χ4n) is 2.95. The molecule has 2 fully saturated rings. The van der Waals surface area contributed by atoms with Crippen molar-refractivity contribution in [3.05, 3.63) is 12.7 Å². The molecule has 2 heterocycles. The molecule has 0 radical (unpaired) electrons. The molecule has 100 valence electrons. The van der Waals surface area contributed by atoms with E-state index in [1.807, 2.05) is 17.9 Å². The van der Waals surface area contributed by atoms with Crippen molar-refractivity contribution in [2.45, 2.75) is 51.1 Å². The molecule has 2 saturated heterocycles. The number of fused-ring (bicyclic) bond motifs is 1. The molecule has 0 bridgehead atoms. The summed E-state index contributed by atoms with van der Waals surface area (Å²) in [5.74, 6) is 0.274. The SMILES string of the molecule is C=CCC(C)N1CCC(=O)N2CCCCC2C1=O. The van der Waals surface area contributed by atoms with Crippen molar-refractivity contribution in [2.24, 2.45) is 0 Å². The zero-order chi connectivity index (χ0) is 13.1. The summed E-state index contributed by atoms with van der Waals surface area (Å²) in [5.41, 5.74) is 0. The maximum absolute atomic E-state index is 12.5. The lowest BCUT2D eigenvalue weighted by molar-refractivity contribution is -0.144. The van der Waals surface area contributed by atoms with Gasteiger partial charge in [-0.25, -0.2) is 0 Å². The Balaban J connectivity index is 2.17. The fraction of sp³-hybridized carbons (Fsp3) is 0.714. The molecule has 0 aromatic carbocycles.